The lowest BCUT2D eigenvalue weighted by Crippen LogP contribution is -2.34. The summed E-state index contributed by atoms with van der Waals surface area (Å²) in [6.45, 7) is 4.26. The van der Waals surface area contributed by atoms with E-state index in [1.807, 2.05) is 13.8 Å². The fraction of sp³-hybridized carbons (Fsp3) is 0.500. The van der Waals surface area contributed by atoms with E-state index in [0.29, 0.717) is 18.8 Å². The highest BCUT2D eigenvalue weighted by atomic mass is 19.1. The number of amides is 1. The van der Waals surface area contributed by atoms with Crippen molar-refractivity contribution < 1.29 is 13.9 Å². The van der Waals surface area contributed by atoms with Crippen LogP contribution in [-0.2, 0) is 4.79 Å². The first-order valence-electron chi connectivity index (χ1n) is 7.09. The largest absolute Gasteiger partial charge is 0.491 e. The number of hydrogen-bond donors (Lipinski definition) is 1. The predicted octanol–water partition coefficient (Wildman–Crippen LogP) is 3.04. The molecule has 0 radical (unpaired) electrons. The van der Waals surface area contributed by atoms with E-state index < -0.39 is 11.9 Å². The van der Waals surface area contributed by atoms with Gasteiger partial charge in [0.15, 0.2) is 11.6 Å². The summed E-state index contributed by atoms with van der Waals surface area (Å²) in [5.41, 5.74) is 0. The van der Waals surface area contributed by atoms with Crippen molar-refractivity contribution in [3.8, 4) is 11.8 Å². The SMILES string of the molecule is CC(C)C[C@@H](C#N)NC(=O)CCCOc1ccccc1F. The smallest absolute Gasteiger partial charge is 0.221 e. The van der Waals surface area contributed by atoms with E-state index in [2.05, 4.69) is 11.4 Å². The molecule has 1 aromatic carbocycles. The fourth-order valence-electron chi connectivity index (χ4n) is 1.86. The molecule has 0 aliphatic rings. The van der Waals surface area contributed by atoms with E-state index >= 15 is 0 Å². The number of nitriles is 1. The maximum Gasteiger partial charge on any atom is 0.221 e. The Hall–Kier alpha value is -2.09. The van der Waals surface area contributed by atoms with Crippen LogP contribution in [0.25, 0.3) is 0 Å². The Morgan fingerprint density at radius 1 is 1.43 bits per heavy atom. The molecule has 0 fully saturated rings. The number of para-hydroxylation sites is 1. The van der Waals surface area contributed by atoms with Gasteiger partial charge in [0.1, 0.15) is 6.04 Å². The molecule has 0 unspecified atom stereocenters. The molecule has 0 aliphatic carbocycles. The van der Waals surface area contributed by atoms with Gasteiger partial charge in [-0.2, -0.15) is 5.26 Å². The van der Waals surface area contributed by atoms with Crippen molar-refractivity contribution in [2.75, 3.05) is 6.61 Å². The minimum absolute atomic E-state index is 0.181. The molecule has 0 aliphatic heterocycles. The Morgan fingerprint density at radius 3 is 2.76 bits per heavy atom. The molecular formula is C16H21FN2O2. The summed E-state index contributed by atoms with van der Waals surface area (Å²) in [5.74, 6) is -0.0604. The van der Waals surface area contributed by atoms with Crippen molar-refractivity contribution in [1.29, 1.82) is 5.26 Å². The predicted molar refractivity (Wildman–Crippen MR) is 78.1 cm³/mol. The van der Waals surface area contributed by atoms with Crippen LogP contribution in [0.4, 0.5) is 4.39 Å². The molecule has 0 aromatic heterocycles. The number of ether oxygens (including phenoxy) is 1. The first-order chi connectivity index (χ1) is 10.0. The molecule has 1 atom stereocenters. The van der Waals surface area contributed by atoms with Gasteiger partial charge in [-0.05, 0) is 30.9 Å². The van der Waals surface area contributed by atoms with Crippen molar-refractivity contribution in [2.45, 2.75) is 39.2 Å². The average Bonchev–Trinajstić information content (AvgIpc) is 2.44. The summed E-state index contributed by atoms with van der Waals surface area (Å²) < 4.78 is 18.5. The van der Waals surface area contributed by atoms with Crippen molar-refractivity contribution in [3.63, 3.8) is 0 Å². The zero-order valence-corrected chi connectivity index (χ0v) is 12.4. The van der Waals surface area contributed by atoms with Crippen LogP contribution in [0.5, 0.6) is 5.75 Å². The molecule has 0 heterocycles. The zero-order chi connectivity index (χ0) is 15.7. The van der Waals surface area contributed by atoms with Gasteiger partial charge < -0.3 is 10.1 Å². The lowest BCUT2D eigenvalue weighted by atomic mass is 10.0. The third kappa shape index (κ3) is 6.75. The number of rotatable bonds is 8. The van der Waals surface area contributed by atoms with E-state index in [1.54, 1.807) is 18.2 Å². The Bertz CT molecular complexity index is 497. The number of nitrogens with one attached hydrogen (secondary N) is 1. The van der Waals surface area contributed by atoms with Crippen molar-refractivity contribution >= 4 is 5.91 Å². The van der Waals surface area contributed by atoms with Crippen molar-refractivity contribution in [2.24, 2.45) is 5.92 Å². The molecule has 0 saturated carbocycles. The van der Waals surface area contributed by atoms with E-state index in [0.717, 1.165) is 0 Å². The lowest BCUT2D eigenvalue weighted by Gasteiger charge is -2.13. The topological polar surface area (TPSA) is 62.1 Å². The van der Waals surface area contributed by atoms with Gasteiger partial charge in [0.25, 0.3) is 0 Å². The minimum atomic E-state index is -0.454. The van der Waals surface area contributed by atoms with Crippen LogP contribution in [0.1, 0.15) is 33.1 Å². The number of carbonyl (C=O) groups excluding carboxylic acids is 1. The van der Waals surface area contributed by atoms with Crippen LogP contribution in [-0.4, -0.2) is 18.6 Å². The van der Waals surface area contributed by atoms with Gasteiger partial charge in [0.05, 0.1) is 12.7 Å². The van der Waals surface area contributed by atoms with E-state index in [1.165, 1.54) is 6.07 Å². The normalized spacial score (nSPS) is 11.8. The first-order valence-corrected chi connectivity index (χ1v) is 7.09. The number of nitrogens with zero attached hydrogens (tertiary/aromatic N) is 1. The molecule has 5 heteroatoms. The fourth-order valence-corrected chi connectivity index (χ4v) is 1.86. The van der Waals surface area contributed by atoms with Crippen molar-refractivity contribution in [3.05, 3.63) is 30.1 Å². The Kier molecular flexibility index (Phi) is 7.24. The van der Waals surface area contributed by atoms with Crippen LogP contribution in [0.2, 0.25) is 0 Å². The summed E-state index contributed by atoms with van der Waals surface area (Å²) >= 11 is 0. The Balaban J connectivity index is 2.25. The van der Waals surface area contributed by atoms with Crippen LogP contribution in [0.15, 0.2) is 24.3 Å². The molecule has 1 N–H and O–H groups in total. The molecule has 0 saturated heterocycles. The molecule has 1 rings (SSSR count). The Labute approximate surface area is 124 Å². The first kappa shape index (κ1) is 17.0. The van der Waals surface area contributed by atoms with Crippen molar-refractivity contribution in [1.82, 2.24) is 5.32 Å². The number of benzene rings is 1. The second-order valence-corrected chi connectivity index (χ2v) is 5.26. The quantitative estimate of drug-likeness (QED) is 0.749. The standard InChI is InChI=1S/C16H21FN2O2/c1-12(2)10-13(11-18)19-16(20)8-5-9-21-15-7-4-3-6-14(15)17/h3-4,6-7,12-13H,5,8-10H2,1-2H3,(H,19,20)/t13-/m0/s1. The van der Waals surface area contributed by atoms with E-state index in [9.17, 15) is 9.18 Å². The molecule has 1 aromatic rings. The number of hydrogen-bond acceptors (Lipinski definition) is 3. The maximum atomic E-state index is 13.3. The van der Waals surface area contributed by atoms with E-state index in [-0.39, 0.29) is 24.7 Å². The highest BCUT2D eigenvalue weighted by Crippen LogP contribution is 2.15. The molecule has 0 bridgehead atoms. The minimum Gasteiger partial charge on any atom is -0.491 e. The van der Waals surface area contributed by atoms with Gasteiger partial charge in [-0.3, -0.25) is 4.79 Å². The van der Waals surface area contributed by atoms with Gasteiger partial charge in [-0.15, -0.1) is 0 Å². The molecule has 1 amide bonds. The second-order valence-electron chi connectivity index (χ2n) is 5.26. The summed E-state index contributed by atoms with van der Waals surface area (Å²) in [7, 11) is 0. The highest BCUT2D eigenvalue weighted by Gasteiger charge is 2.12. The van der Waals surface area contributed by atoms with Crippen LogP contribution in [0, 0.1) is 23.1 Å². The summed E-state index contributed by atoms with van der Waals surface area (Å²) in [4.78, 5) is 11.7. The van der Waals surface area contributed by atoms with Gasteiger partial charge in [-0.25, -0.2) is 4.39 Å². The molecular weight excluding hydrogens is 271 g/mol. The third-order valence-electron chi connectivity index (χ3n) is 2.84. The monoisotopic (exact) mass is 292 g/mol. The van der Waals surface area contributed by atoms with Gasteiger partial charge in [0, 0.05) is 6.42 Å². The van der Waals surface area contributed by atoms with Crippen LogP contribution in [0.3, 0.4) is 0 Å². The lowest BCUT2D eigenvalue weighted by molar-refractivity contribution is -0.121. The molecule has 0 spiro atoms. The summed E-state index contributed by atoms with van der Waals surface area (Å²) in [6, 6.07) is 7.77. The van der Waals surface area contributed by atoms with Crippen LogP contribution < -0.4 is 10.1 Å². The van der Waals surface area contributed by atoms with Crippen LogP contribution >= 0.6 is 0 Å². The third-order valence-corrected chi connectivity index (χ3v) is 2.84. The zero-order valence-electron chi connectivity index (χ0n) is 12.4. The highest BCUT2D eigenvalue weighted by molar-refractivity contribution is 5.76. The molecule has 114 valence electrons. The second kappa shape index (κ2) is 8.96. The average molecular weight is 292 g/mol. The van der Waals surface area contributed by atoms with Gasteiger partial charge in [0.2, 0.25) is 5.91 Å². The maximum absolute atomic E-state index is 13.3. The summed E-state index contributed by atoms with van der Waals surface area (Å²) in [5, 5.41) is 11.6. The number of halogens is 1. The van der Waals surface area contributed by atoms with E-state index in [4.69, 9.17) is 10.00 Å². The Morgan fingerprint density at radius 2 is 2.14 bits per heavy atom. The van der Waals surface area contributed by atoms with Gasteiger partial charge >= 0.3 is 0 Å². The summed E-state index contributed by atoms with van der Waals surface area (Å²) in [6.07, 6.45) is 1.36. The molecule has 4 nitrogen and oxygen atoms in total. The van der Waals surface area contributed by atoms with Gasteiger partial charge in [-0.1, -0.05) is 26.0 Å². The number of carbonyl (C=O) groups is 1. The molecule has 21 heavy (non-hydrogen) atoms.